The molecule has 0 saturated carbocycles. The molecule has 0 bridgehead atoms. The molecule has 2 nitrogen and oxygen atoms in total. The molecule has 92 valence electrons. The Morgan fingerprint density at radius 1 is 1.33 bits per heavy atom. The molecule has 1 heterocycles. The Morgan fingerprint density at radius 3 is 2.89 bits per heavy atom. The number of aryl methyl sites for hydroxylation is 1. The number of rotatable bonds is 1. The zero-order valence-electron chi connectivity index (χ0n) is 9.37. The van der Waals surface area contributed by atoms with Crippen molar-refractivity contribution in [3.8, 4) is 10.6 Å². The largest absolute Gasteiger partial charge is 0.292 e. The van der Waals surface area contributed by atoms with E-state index in [1.54, 1.807) is 11.3 Å². The Morgan fingerprint density at radius 2 is 2.17 bits per heavy atom. The number of carbonyl (C=O) groups is 1. The van der Waals surface area contributed by atoms with Gasteiger partial charge in [0, 0.05) is 21.3 Å². The molecule has 3 rings (SSSR count). The first-order chi connectivity index (χ1) is 8.65. The Kier molecular flexibility index (Phi) is 3.26. The molecular formula is C13H9BrClNOS. The average molecular weight is 343 g/mol. The third-order valence-corrected chi connectivity index (χ3v) is 4.89. The maximum absolute atomic E-state index is 11.8. The molecule has 0 atom stereocenters. The molecule has 0 aliphatic heterocycles. The summed E-state index contributed by atoms with van der Waals surface area (Å²) in [4.78, 5) is 17.3. The van der Waals surface area contributed by atoms with Crippen LogP contribution < -0.4 is 0 Å². The van der Waals surface area contributed by atoms with Gasteiger partial charge in [-0.25, -0.2) is 4.98 Å². The van der Waals surface area contributed by atoms with Crippen molar-refractivity contribution >= 4 is 44.7 Å². The zero-order chi connectivity index (χ0) is 12.7. The van der Waals surface area contributed by atoms with E-state index < -0.39 is 0 Å². The fourth-order valence-corrected chi connectivity index (χ4v) is 4.02. The predicted octanol–water partition coefficient (Wildman–Crippen LogP) is 4.75. The van der Waals surface area contributed by atoms with Gasteiger partial charge in [-0.1, -0.05) is 27.5 Å². The van der Waals surface area contributed by atoms with E-state index in [0.29, 0.717) is 17.1 Å². The SMILES string of the molecule is O=C1CCCc2sc(-c3ccc(Br)cc3Cl)nc21. The number of nitrogens with zero attached hydrogens (tertiary/aromatic N) is 1. The summed E-state index contributed by atoms with van der Waals surface area (Å²) in [6.07, 6.45) is 2.50. The maximum Gasteiger partial charge on any atom is 0.182 e. The minimum Gasteiger partial charge on any atom is -0.292 e. The van der Waals surface area contributed by atoms with Gasteiger partial charge in [0.15, 0.2) is 5.78 Å². The number of thiazole rings is 1. The van der Waals surface area contributed by atoms with Crippen LogP contribution in [0.3, 0.4) is 0 Å². The van der Waals surface area contributed by atoms with Gasteiger partial charge in [-0.3, -0.25) is 4.79 Å². The Labute approximate surface area is 122 Å². The number of aromatic nitrogens is 1. The summed E-state index contributed by atoms with van der Waals surface area (Å²) in [6.45, 7) is 0. The standard InChI is InChI=1S/C13H9BrClNOS/c14-7-4-5-8(9(15)6-7)13-16-12-10(17)2-1-3-11(12)18-13/h4-6H,1-3H2. The molecule has 1 aliphatic rings. The highest BCUT2D eigenvalue weighted by molar-refractivity contribution is 9.10. The summed E-state index contributed by atoms with van der Waals surface area (Å²) >= 11 is 11.2. The average Bonchev–Trinajstić information content (AvgIpc) is 2.74. The van der Waals surface area contributed by atoms with Crippen LogP contribution in [0.1, 0.15) is 28.2 Å². The van der Waals surface area contributed by atoms with Crippen molar-refractivity contribution in [1.29, 1.82) is 0 Å². The van der Waals surface area contributed by atoms with E-state index in [1.165, 1.54) is 0 Å². The first kappa shape index (κ1) is 12.3. The molecule has 0 amide bonds. The van der Waals surface area contributed by atoms with Crippen LogP contribution in [0.4, 0.5) is 0 Å². The van der Waals surface area contributed by atoms with Gasteiger partial charge < -0.3 is 0 Å². The monoisotopic (exact) mass is 341 g/mol. The molecule has 1 aromatic heterocycles. The van der Waals surface area contributed by atoms with E-state index in [1.807, 2.05) is 18.2 Å². The van der Waals surface area contributed by atoms with Crippen LogP contribution >= 0.6 is 38.9 Å². The first-order valence-corrected chi connectivity index (χ1v) is 7.62. The molecule has 0 saturated heterocycles. The third-order valence-electron chi connectivity index (χ3n) is 2.93. The molecule has 5 heteroatoms. The van der Waals surface area contributed by atoms with Crippen molar-refractivity contribution in [2.75, 3.05) is 0 Å². The second-order valence-corrected chi connectivity index (χ2v) is 6.60. The second-order valence-electron chi connectivity index (χ2n) is 4.19. The predicted molar refractivity (Wildman–Crippen MR) is 77.5 cm³/mol. The lowest BCUT2D eigenvalue weighted by atomic mass is 10.0. The van der Waals surface area contributed by atoms with Gasteiger partial charge in [0.05, 0.1) is 5.02 Å². The molecule has 0 spiro atoms. The summed E-state index contributed by atoms with van der Waals surface area (Å²) in [5.74, 6) is 0.159. The van der Waals surface area contributed by atoms with Crippen LogP contribution in [0.5, 0.6) is 0 Å². The van der Waals surface area contributed by atoms with Crippen molar-refractivity contribution in [3.05, 3.63) is 38.3 Å². The minimum absolute atomic E-state index is 0.159. The highest BCUT2D eigenvalue weighted by Gasteiger charge is 2.23. The first-order valence-electron chi connectivity index (χ1n) is 5.63. The summed E-state index contributed by atoms with van der Waals surface area (Å²) in [6, 6.07) is 5.71. The van der Waals surface area contributed by atoms with Gasteiger partial charge in [0.1, 0.15) is 10.7 Å². The van der Waals surface area contributed by atoms with Crippen LogP contribution in [0.15, 0.2) is 22.7 Å². The van der Waals surface area contributed by atoms with Crippen LogP contribution in [-0.4, -0.2) is 10.8 Å². The lowest BCUT2D eigenvalue weighted by Gasteiger charge is -2.06. The normalized spacial score (nSPS) is 14.7. The van der Waals surface area contributed by atoms with E-state index in [0.717, 1.165) is 32.8 Å². The molecule has 0 fully saturated rings. The summed E-state index contributed by atoms with van der Waals surface area (Å²) in [5, 5.41) is 1.50. The summed E-state index contributed by atoms with van der Waals surface area (Å²) < 4.78 is 0.939. The van der Waals surface area contributed by atoms with Crippen LogP contribution in [0, 0.1) is 0 Å². The van der Waals surface area contributed by atoms with E-state index in [-0.39, 0.29) is 5.78 Å². The second kappa shape index (κ2) is 4.76. The van der Waals surface area contributed by atoms with Crippen LogP contribution in [0.25, 0.3) is 10.6 Å². The highest BCUT2D eigenvalue weighted by atomic mass is 79.9. The molecule has 18 heavy (non-hydrogen) atoms. The lowest BCUT2D eigenvalue weighted by molar-refractivity contribution is 0.0968. The number of halogens is 2. The fraction of sp³-hybridized carbons (Fsp3) is 0.231. The molecule has 0 unspecified atom stereocenters. The summed E-state index contributed by atoms with van der Waals surface area (Å²) in [7, 11) is 0. The number of benzene rings is 1. The van der Waals surface area contributed by atoms with Gasteiger partial charge in [0.2, 0.25) is 0 Å². The third kappa shape index (κ3) is 2.13. The molecular weight excluding hydrogens is 334 g/mol. The van der Waals surface area contributed by atoms with Gasteiger partial charge in [-0.2, -0.15) is 0 Å². The van der Waals surface area contributed by atoms with E-state index in [4.69, 9.17) is 11.6 Å². The summed E-state index contributed by atoms with van der Waals surface area (Å²) in [5.41, 5.74) is 1.55. The number of carbonyl (C=O) groups excluding carboxylic acids is 1. The molecule has 1 aliphatic carbocycles. The lowest BCUT2D eigenvalue weighted by Crippen LogP contribution is -2.08. The topological polar surface area (TPSA) is 30.0 Å². The van der Waals surface area contributed by atoms with Crippen molar-refractivity contribution in [2.24, 2.45) is 0 Å². The van der Waals surface area contributed by atoms with Crippen molar-refractivity contribution in [2.45, 2.75) is 19.3 Å². The number of Topliss-reactive ketones (excluding diaryl/α,β-unsaturated/α-hetero) is 1. The minimum atomic E-state index is 0.159. The zero-order valence-corrected chi connectivity index (χ0v) is 12.5. The highest BCUT2D eigenvalue weighted by Crippen LogP contribution is 2.36. The number of hydrogen-bond donors (Lipinski definition) is 0. The molecule has 2 aromatic rings. The Balaban J connectivity index is 2.10. The van der Waals surface area contributed by atoms with Crippen molar-refractivity contribution in [3.63, 3.8) is 0 Å². The van der Waals surface area contributed by atoms with Crippen LogP contribution in [0.2, 0.25) is 5.02 Å². The van der Waals surface area contributed by atoms with E-state index in [9.17, 15) is 4.79 Å². The smallest absolute Gasteiger partial charge is 0.182 e. The number of hydrogen-bond acceptors (Lipinski definition) is 3. The van der Waals surface area contributed by atoms with Gasteiger partial charge in [-0.15, -0.1) is 11.3 Å². The van der Waals surface area contributed by atoms with Gasteiger partial charge in [-0.05, 0) is 31.0 Å². The van der Waals surface area contributed by atoms with Gasteiger partial charge >= 0.3 is 0 Å². The van der Waals surface area contributed by atoms with Crippen LogP contribution in [-0.2, 0) is 6.42 Å². The van der Waals surface area contributed by atoms with Gasteiger partial charge in [0.25, 0.3) is 0 Å². The quantitative estimate of drug-likeness (QED) is 0.749. The Bertz CT molecular complexity index is 638. The Hall–Kier alpha value is -0.710. The van der Waals surface area contributed by atoms with Crippen molar-refractivity contribution in [1.82, 2.24) is 4.98 Å². The van der Waals surface area contributed by atoms with E-state index >= 15 is 0 Å². The van der Waals surface area contributed by atoms with Crippen molar-refractivity contribution < 1.29 is 4.79 Å². The number of ketones is 1. The van der Waals surface area contributed by atoms with E-state index in [2.05, 4.69) is 20.9 Å². The number of fused-ring (bicyclic) bond motifs is 1. The molecule has 0 radical (unpaired) electrons. The molecule has 0 N–H and O–H groups in total. The maximum atomic E-state index is 11.8. The fourth-order valence-electron chi connectivity index (χ4n) is 2.05. The molecule has 1 aromatic carbocycles.